The van der Waals surface area contributed by atoms with Gasteiger partial charge >= 0.3 is 0 Å². The second-order valence-corrected chi connectivity index (χ2v) is 5.45. The Balaban J connectivity index is 2.00. The van der Waals surface area contributed by atoms with E-state index in [1.54, 1.807) is 24.1 Å². The summed E-state index contributed by atoms with van der Waals surface area (Å²) in [4.78, 5) is 11.3. The Kier molecular flexibility index (Phi) is 4.02. The van der Waals surface area contributed by atoms with Gasteiger partial charge in [0.2, 0.25) is 0 Å². The average Bonchev–Trinajstić information content (AvgIpc) is 2.33. The van der Waals surface area contributed by atoms with Crippen molar-refractivity contribution in [1.82, 2.24) is 4.31 Å². The van der Waals surface area contributed by atoms with Crippen molar-refractivity contribution in [3.8, 4) is 0 Å². The molecule has 1 aliphatic rings. The summed E-state index contributed by atoms with van der Waals surface area (Å²) in [6.45, 7) is 3.33. The first-order valence-electron chi connectivity index (χ1n) is 5.86. The molecule has 0 radical (unpaired) electrons. The van der Waals surface area contributed by atoms with Gasteiger partial charge in [0.05, 0.1) is 4.92 Å². The van der Waals surface area contributed by atoms with Crippen molar-refractivity contribution in [2.75, 3.05) is 6.54 Å². The molecule has 0 aliphatic carbocycles. The van der Waals surface area contributed by atoms with Gasteiger partial charge in [0.15, 0.2) is 0 Å². The van der Waals surface area contributed by atoms with E-state index in [1.165, 1.54) is 19.3 Å². The zero-order chi connectivity index (χ0) is 12.3. The maximum Gasteiger partial charge on any atom is 0.269 e. The van der Waals surface area contributed by atoms with Crippen LogP contribution in [0.2, 0.25) is 0 Å². The smallest absolute Gasteiger partial charge is 0.258 e. The summed E-state index contributed by atoms with van der Waals surface area (Å²) >= 11 is 1.70. The molecule has 0 saturated carbocycles. The summed E-state index contributed by atoms with van der Waals surface area (Å²) in [5, 5.41) is 10.5. The van der Waals surface area contributed by atoms with Crippen molar-refractivity contribution in [2.24, 2.45) is 0 Å². The van der Waals surface area contributed by atoms with Crippen LogP contribution in [0.4, 0.5) is 5.69 Å². The van der Waals surface area contributed by atoms with Gasteiger partial charge in [0.1, 0.15) is 0 Å². The molecule has 0 bridgehead atoms. The predicted molar refractivity (Wildman–Crippen MR) is 69.0 cm³/mol. The number of piperidine rings is 1. The van der Waals surface area contributed by atoms with Crippen molar-refractivity contribution in [2.45, 2.75) is 37.1 Å². The van der Waals surface area contributed by atoms with Crippen LogP contribution in [0.1, 0.15) is 26.2 Å². The summed E-state index contributed by atoms with van der Waals surface area (Å²) < 4.78 is 2.37. The predicted octanol–water partition coefficient (Wildman–Crippen LogP) is 3.48. The molecule has 1 aliphatic heterocycles. The van der Waals surface area contributed by atoms with Gasteiger partial charge in [-0.3, -0.25) is 10.1 Å². The molecule has 17 heavy (non-hydrogen) atoms. The van der Waals surface area contributed by atoms with E-state index >= 15 is 0 Å². The van der Waals surface area contributed by atoms with E-state index < -0.39 is 0 Å². The molecule has 92 valence electrons. The number of rotatable bonds is 3. The lowest BCUT2D eigenvalue weighted by atomic mass is 10.1. The fourth-order valence-corrected chi connectivity index (χ4v) is 3.01. The molecule has 5 heteroatoms. The molecule has 4 nitrogen and oxygen atoms in total. The highest BCUT2D eigenvalue weighted by Crippen LogP contribution is 2.30. The number of non-ortho nitro benzene ring substituents is 1. The van der Waals surface area contributed by atoms with Gasteiger partial charge in [-0.1, -0.05) is 6.42 Å². The van der Waals surface area contributed by atoms with Crippen LogP contribution in [-0.2, 0) is 0 Å². The highest BCUT2D eigenvalue weighted by Gasteiger charge is 2.19. The van der Waals surface area contributed by atoms with Crippen LogP contribution in [0.3, 0.4) is 0 Å². The summed E-state index contributed by atoms with van der Waals surface area (Å²) in [6, 6.07) is 7.37. The number of hydrogen-bond donors (Lipinski definition) is 0. The standard InChI is InChI=1S/C12H16N2O2S/c1-10-4-2-3-9-13(10)17-12-7-5-11(6-8-12)14(15)16/h5-8,10H,2-4,9H2,1H3/t10-/m1/s1. The molecule has 0 amide bonds. The van der Waals surface area contributed by atoms with Gasteiger partial charge in [-0.05, 0) is 43.8 Å². The van der Waals surface area contributed by atoms with E-state index in [9.17, 15) is 10.1 Å². The van der Waals surface area contributed by atoms with Crippen molar-refractivity contribution >= 4 is 17.6 Å². The Morgan fingerprint density at radius 2 is 2.06 bits per heavy atom. The summed E-state index contributed by atoms with van der Waals surface area (Å²) in [5.41, 5.74) is 0.154. The van der Waals surface area contributed by atoms with Crippen molar-refractivity contribution in [3.63, 3.8) is 0 Å². The SMILES string of the molecule is C[C@@H]1CCCCN1Sc1ccc([N+](=O)[O-])cc1. The van der Waals surface area contributed by atoms with Gasteiger partial charge in [-0.15, -0.1) is 0 Å². The number of nitro benzene ring substituents is 1. The van der Waals surface area contributed by atoms with Gasteiger partial charge in [-0.25, -0.2) is 4.31 Å². The normalized spacial score (nSPS) is 21.4. The zero-order valence-electron chi connectivity index (χ0n) is 9.83. The number of benzene rings is 1. The molecule has 2 rings (SSSR count). The van der Waals surface area contributed by atoms with E-state index in [4.69, 9.17) is 0 Å². The second kappa shape index (κ2) is 5.51. The van der Waals surface area contributed by atoms with Crippen LogP contribution in [0, 0.1) is 10.1 Å². The van der Waals surface area contributed by atoms with E-state index in [0.717, 1.165) is 11.4 Å². The first kappa shape index (κ1) is 12.4. The van der Waals surface area contributed by atoms with Crippen LogP contribution in [0.25, 0.3) is 0 Å². The molecule has 0 aromatic heterocycles. The third kappa shape index (κ3) is 3.20. The molecule has 1 aromatic rings. The average molecular weight is 252 g/mol. The molecule has 0 spiro atoms. The third-order valence-electron chi connectivity index (χ3n) is 3.01. The first-order chi connectivity index (χ1) is 8.16. The van der Waals surface area contributed by atoms with Crippen LogP contribution < -0.4 is 0 Å². The lowest BCUT2D eigenvalue weighted by Gasteiger charge is -2.31. The highest BCUT2D eigenvalue weighted by atomic mass is 32.2. The maximum atomic E-state index is 10.5. The van der Waals surface area contributed by atoms with Crippen molar-refractivity contribution in [3.05, 3.63) is 34.4 Å². The Bertz CT molecular complexity index is 394. The summed E-state index contributed by atoms with van der Waals surface area (Å²) in [7, 11) is 0. The van der Waals surface area contributed by atoms with Crippen LogP contribution >= 0.6 is 11.9 Å². The minimum atomic E-state index is -0.363. The molecular weight excluding hydrogens is 236 g/mol. The molecule has 1 atom stereocenters. The number of nitrogens with zero attached hydrogens (tertiary/aromatic N) is 2. The molecule has 0 N–H and O–H groups in total. The number of hydrogen-bond acceptors (Lipinski definition) is 4. The van der Waals surface area contributed by atoms with Crippen molar-refractivity contribution < 1.29 is 4.92 Å². The summed E-state index contributed by atoms with van der Waals surface area (Å²) in [6.07, 6.45) is 3.78. The van der Waals surface area contributed by atoms with Crippen LogP contribution in [0.15, 0.2) is 29.2 Å². The Morgan fingerprint density at radius 1 is 1.35 bits per heavy atom. The van der Waals surface area contributed by atoms with Crippen LogP contribution in [-0.4, -0.2) is 21.8 Å². The monoisotopic (exact) mass is 252 g/mol. The van der Waals surface area contributed by atoms with Crippen LogP contribution in [0.5, 0.6) is 0 Å². The number of nitro groups is 1. The van der Waals surface area contributed by atoms with E-state index in [-0.39, 0.29) is 10.6 Å². The Hall–Kier alpha value is -1.07. The quantitative estimate of drug-likeness (QED) is 0.469. The molecule has 0 unspecified atom stereocenters. The minimum absolute atomic E-state index is 0.154. The fourth-order valence-electron chi connectivity index (χ4n) is 1.97. The molecule has 1 heterocycles. The first-order valence-corrected chi connectivity index (χ1v) is 6.63. The van der Waals surface area contributed by atoms with Crippen molar-refractivity contribution in [1.29, 1.82) is 0 Å². The third-order valence-corrected chi connectivity index (χ3v) is 4.27. The minimum Gasteiger partial charge on any atom is -0.258 e. The molecule has 1 saturated heterocycles. The molecule has 1 aromatic carbocycles. The Labute approximate surface area is 105 Å². The Morgan fingerprint density at radius 3 is 2.65 bits per heavy atom. The zero-order valence-corrected chi connectivity index (χ0v) is 10.7. The van der Waals surface area contributed by atoms with E-state index in [2.05, 4.69) is 11.2 Å². The maximum absolute atomic E-state index is 10.5. The largest absolute Gasteiger partial charge is 0.269 e. The fraction of sp³-hybridized carbons (Fsp3) is 0.500. The molecular formula is C12H16N2O2S. The summed E-state index contributed by atoms with van der Waals surface area (Å²) in [5.74, 6) is 0. The van der Waals surface area contributed by atoms with E-state index in [1.807, 2.05) is 12.1 Å². The second-order valence-electron chi connectivity index (χ2n) is 4.33. The van der Waals surface area contributed by atoms with Gasteiger partial charge in [0.25, 0.3) is 5.69 Å². The van der Waals surface area contributed by atoms with Gasteiger partial charge in [-0.2, -0.15) is 0 Å². The molecule has 1 fully saturated rings. The lowest BCUT2D eigenvalue weighted by Crippen LogP contribution is -2.31. The highest BCUT2D eigenvalue weighted by molar-refractivity contribution is 7.97. The van der Waals surface area contributed by atoms with E-state index in [0.29, 0.717) is 6.04 Å². The lowest BCUT2D eigenvalue weighted by molar-refractivity contribution is -0.384. The van der Waals surface area contributed by atoms with Gasteiger partial charge < -0.3 is 0 Å². The topological polar surface area (TPSA) is 46.4 Å². The van der Waals surface area contributed by atoms with Gasteiger partial charge in [0, 0.05) is 29.6 Å².